The molecule has 3 aromatic rings. The number of hydrogen-bond donors (Lipinski definition) is 1. The third kappa shape index (κ3) is 5.16. The third-order valence-corrected chi connectivity index (χ3v) is 5.26. The van der Waals surface area contributed by atoms with Crippen molar-refractivity contribution in [3.05, 3.63) is 63.8 Å². The lowest BCUT2D eigenvalue weighted by Gasteiger charge is -2.20. The van der Waals surface area contributed by atoms with E-state index < -0.39 is 64.0 Å². The SMILES string of the molecule is CCN(C)c1nn(-c2cc(OC(C)C(F)(F)F)c(C(=O)Nc3c(F)cccc3F)cc2F)c(=O)n1C. The number of halogens is 6. The zero-order valence-electron chi connectivity index (χ0n) is 19.5. The number of amides is 1. The van der Waals surface area contributed by atoms with Crippen molar-refractivity contribution < 1.29 is 35.9 Å². The molecule has 0 radical (unpaired) electrons. The zero-order valence-corrected chi connectivity index (χ0v) is 19.5. The van der Waals surface area contributed by atoms with E-state index in [1.165, 1.54) is 7.05 Å². The summed E-state index contributed by atoms with van der Waals surface area (Å²) in [6.45, 7) is 2.83. The molecule has 1 heterocycles. The Labute approximate surface area is 200 Å². The lowest BCUT2D eigenvalue weighted by molar-refractivity contribution is -0.189. The quantitative estimate of drug-likeness (QED) is 0.479. The Balaban J connectivity index is 2.16. The van der Waals surface area contributed by atoms with Crippen LogP contribution >= 0.6 is 0 Å². The number of ether oxygens (including phenoxy) is 1. The van der Waals surface area contributed by atoms with Gasteiger partial charge in [0.1, 0.15) is 34.6 Å². The summed E-state index contributed by atoms with van der Waals surface area (Å²) in [5.41, 5.74) is -3.13. The second-order valence-corrected chi connectivity index (χ2v) is 7.72. The van der Waals surface area contributed by atoms with Crippen molar-refractivity contribution in [2.75, 3.05) is 23.8 Å². The first-order valence-corrected chi connectivity index (χ1v) is 10.5. The first-order valence-electron chi connectivity index (χ1n) is 10.5. The molecule has 0 saturated heterocycles. The Morgan fingerprint density at radius 2 is 1.78 bits per heavy atom. The molecule has 1 unspecified atom stereocenters. The van der Waals surface area contributed by atoms with E-state index in [1.807, 2.05) is 5.32 Å². The van der Waals surface area contributed by atoms with Crippen molar-refractivity contribution in [3.63, 3.8) is 0 Å². The minimum atomic E-state index is -4.88. The molecule has 14 heteroatoms. The summed E-state index contributed by atoms with van der Waals surface area (Å²) in [6, 6.07) is 3.89. The maximum atomic E-state index is 15.1. The molecule has 8 nitrogen and oxygen atoms in total. The second kappa shape index (κ2) is 9.95. The number of benzene rings is 2. The molecule has 1 atom stereocenters. The van der Waals surface area contributed by atoms with Crippen LogP contribution in [0, 0.1) is 17.5 Å². The van der Waals surface area contributed by atoms with E-state index in [0.29, 0.717) is 30.3 Å². The van der Waals surface area contributed by atoms with E-state index in [1.54, 1.807) is 18.9 Å². The lowest BCUT2D eigenvalue weighted by atomic mass is 10.1. The Bertz CT molecular complexity index is 1330. The Kier molecular flexibility index (Phi) is 7.36. The van der Waals surface area contributed by atoms with Gasteiger partial charge in [-0.15, -0.1) is 5.10 Å². The van der Waals surface area contributed by atoms with E-state index in [9.17, 15) is 31.5 Å². The Hall–Kier alpha value is -3.97. The standard InChI is InChI=1S/C22H21F6N5O3/c1-5-31(3)20-30-33(21(35)32(20)4)16-10-17(36-11(2)22(26,27)28)12(9-15(16)25)19(34)29-18-13(23)7-6-8-14(18)24/h6-11H,5H2,1-4H3,(H,29,34). The molecule has 0 aliphatic carbocycles. The molecule has 3 rings (SSSR count). The van der Waals surface area contributed by atoms with E-state index >= 15 is 4.39 Å². The number of nitrogens with zero attached hydrogens (tertiary/aromatic N) is 4. The van der Waals surface area contributed by atoms with Gasteiger partial charge in [-0.25, -0.2) is 18.0 Å². The van der Waals surface area contributed by atoms with Crippen LogP contribution in [0.4, 0.5) is 38.0 Å². The molecule has 0 aliphatic heterocycles. The molecule has 1 amide bonds. The summed E-state index contributed by atoms with van der Waals surface area (Å²) >= 11 is 0. The van der Waals surface area contributed by atoms with Gasteiger partial charge in [-0.3, -0.25) is 9.36 Å². The van der Waals surface area contributed by atoms with Crippen LogP contribution in [0.2, 0.25) is 0 Å². The van der Waals surface area contributed by atoms with E-state index in [2.05, 4.69) is 5.10 Å². The van der Waals surface area contributed by atoms with E-state index in [0.717, 1.165) is 22.8 Å². The summed E-state index contributed by atoms with van der Waals surface area (Å²) in [4.78, 5) is 27.0. The highest BCUT2D eigenvalue weighted by atomic mass is 19.4. The van der Waals surface area contributed by atoms with Gasteiger partial charge in [-0.2, -0.15) is 17.9 Å². The molecule has 0 bridgehead atoms. The smallest absolute Gasteiger partial charge is 0.425 e. The van der Waals surface area contributed by atoms with E-state index in [4.69, 9.17) is 4.74 Å². The average Bonchev–Trinajstić information content (AvgIpc) is 3.10. The summed E-state index contributed by atoms with van der Waals surface area (Å²) < 4.78 is 89.2. The minimum Gasteiger partial charge on any atom is -0.480 e. The molecule has 194 valence electrons. The van der Waals surface area contributed by atoms with Crippen LogP contribution in [0.5, 0.6) is 5.75 Å². The monoisotopic (exact) mass is 517 g/mol. The lowest BCUT2D eigenvalue weighted by Crippen LogP contribution is -2.32. The molecule has 1 aromatic heterocycles. The molecule has 0 spiro atoms. The highest BCUT2D eigenvalue weighted by Gasteiger charge is 2.39. The second-order valence-electron chi connectivity index (χ2n) is 7.72. The number of rotatable bonds is 7. The molecular weight excluding hydrogens is 496 g/mol. The van der Waals surface area contributed by atoms with Crippen molar-refractivity contribution in [1.82, 2.24) is 14.3 Å². The number of aromatic nitrogens is 3. The number of para-hydroxylation sites is 1. The fraction of sp³-hybridized carbons (Fsp3) is 0.318. The number of hydrogen-bond acceptors (Lipinski definition) is 5. The fourth-order valence-electron chi connectivity index (χ4n) is 3.09. The highest BCUT2D eigenvalue weighted by Crippen LogP contribution is 2.31. The number of nitrogens with one attached hydrogen (secondary N) is 1. The van der Waals surface area contributed by atoms with Crippen LogP contribution < -0.4 is 20.6 Å². The third-order valence-electron chi connectivity index (χ3n) is 5.26. The van der Waals surface area contributed by atoms with E-state index in [-0.39, 0.29) is 5.95 Å². The fourth-order valence-corrected chi connectivity index (χ4v) is 3.09. The van der Waals surface area contributed by atoms with Crippen LogP contribution in [0.15, 0.2) is 35.1 Å². The van der Waals surface area contributed by atoms with Crippen LogP contribution in [-0.2, 0) is 7.05 Å². The first kappa shape index (κ1) is 26.6. The molecule has 0 aliphatic rings. The number of carbonyl (C=O) groups excluding carboxylic acids is 1. The average molecular weight is 517 g/mol. The molecular formula is C22H21F6N5O3. The van der Waals surface area contributed by atoms with Gasteiger partial charge in [0.2, 0.25) is 5.95 Å². The van der Waals surface area contributed by atoms with Crippen molar-refractivity contribution in [1.29, 1.82) is 0 Å². The van der Waals surface area contributed by atoms with Gasteiger partial charge in [0, 0.05) is 26.7 Å². The Morgan fingerprint density at radius 1 is 1.17 bits per heavy atom. The predicted octanol–water partition coefficient (Wildman–Crippen LogP) is 4.03. The molecule has 36 heavy (non-hydrogen) atoms. The van der Waals surface area contributed by atoms with Gasteiger partial charge in [0.05, 0.1) is 5.56 Å². The minimum absolute atomic E-state index is 0.130. The maximum Gasteiger partial charge on any atom is 0.425 e. The van der Waals surface area contributed by atoms with Crippen LogP contribution in [0.3, 0.4) is 0 Å². The van der Waals surface area contributed by atoms with Gasteiger partial charge < -0.3 is 15.0 Å². The van der Waals surface area contributed by atoms with Gasteiger partial charge in [0.25, 0.3) is 5.91 Å². The molecule has 2 aromatic carbocycles. The normalized spacial score (nSPS) is 12.4. The van der Waals surface area contributed by atoms with Crippen LogP contribution in [0.25, 0.3) is 5.69 Å². The predicted molar refractivity (Wildman–Crippen MR) is 118 cm³/mol. The maximum absolute atomic E-state index is 15.1. The van der Waals surface area contributed by atoms with Crippen molar-refractivity contribution in [2.24, 2.45) is 7.05 Å². The highest BCUT2D eigenvalue weighted by molar-refractivity contribution is 6.06. The van der Waals surface area contributed by atoms with Crippen molar-refractivity contribution >= 4 is 17.5 Å². The first-order chi connectivity index (χ1) is 16.8. The number of alkyl halides is 3. The Morgan fingerprint density at radius 3 is 2.33 bits per heavy atom. The van der Waals surface area contributed by atoms with Crippen LogP contribution in [-0.4, -0.2) is 46.1 Å². The number of carbonyl (C=O) groups is 1. The van der Waals surface area contributed by atoms with Gasteiger partial charge in [0.15, 0.2) is 6.10 Å². The van der Waals surface area contributed by atoms with Gasteiger partial charge >= 0.3 is 11.9 Å². The molecule has 1 N–H and O–H groups in total. The van der Waals surface area contributed by atoms with Gasteiger partial charge in [-0.1, -0.05) is 6.07 Å². The topological polar surface area (TPSA) is 81.4 Å². The summed E-state index contributed by atoms with van der Waals surface area (Å²) in [5.74, 6) is -5.59. The summed E-state index contributed by atoms with van der Waals surface area (Å²) in [5, 5.41) is 5.89. The largest absolute Gasteiger partial charge is 0.480 e. The zero-order chi connectivity index (χ0) is 26.9. The van der Waals surface area contributed by atoms with Crippen molar-refractivity contribution in [2.45, 2.75) is 26.1 Å². The molecule has 0 saturated carbocycles. The van der Waals surface area contributed by atoms with Crippen LogP contribution in [0.1, 0.15) is 24.2 Å². The molecule has 0 fully saturated rings. The van der Waals surface area contributed by atoms with Crippen molar-refractivity contribution in [3.8, 4) is 11.4 Å². The summed E-state index contributed by atoms with van der Waals surface area (Å²) in [6.07, 6.45) is -7.34. The van der Waals surface area contributed by atoms with Gasteiger partial charge in [-0.05, 0) is 32.0 Å². The summed E-state index contributed by atoms with van der Waals surface area (Å²) in [7, 11) is 2.97. The number of anilines is 2.